The van der Waals surface area contributed by atoms with Crippen LogP contribution >= 0.6 is 11.6 Å². The number of hydrogen-bond donors (Lipinski definition) is 1. The fraction of sp³-hybridized carbons (Fsp3) is 0.632. The standard InChI is InChI=1S/C19H29ClN2O4S/c1-5-15(6-2)26-19(23)18-9-7-8-10-22(18)27(24,25)21-17-12-13(3)16(20)11-14(17)4/h11-12,15,18,21H,5-10H2,1-4H3/t18-/m0/s1. The minimum Gasteiger partial charge on any atom is -0.461 e. The van der Waals surface area contributed by atoms with Crippen LogP contribution in [0, 0.1) is 13.8 Å². The summed E-state index contributed by atoms with van der Waals surface area (Å²) in [6.07, 6.45) is 3.23. The van der Waals surface area contributed by atoms with Crippen LogP contribution in [0.1, 0.15) is 57.1 Å². The van der Waals surface area contributed by atoms with Gasteiger partial charge in [-0.1, -0.05) is 25.4 Å². The van der Waals surface area contributed by atoms with E-state index in [1.54, 1.807) is 19.1 Å². The summed E-state index contributed by atoms with van der Waals surface area (Å²) in [5, 5.41) is 0.583. The summed E-state index contributed by atoms with van der Waals surface area (Å²) in [7, 11) is -3.89. The number of hydrogen-bond acceptors (Lipinski definition) is 4. The molecule has 8 heteroatoms. The molecule has 0 radical (unpaired) electrons. The van der Waals surface area contributed by atoms with Gasteiger partial charge in [0.05, 0.1) is 5.69 Å². The van der Waals surface area contributed by atoms with Crippen LogP contribution in [0.15, 0.2) is 12.1 Å². The number of ether oxygens (including phenoxy) is 1. The highest BCUT2D eigenvalue weighted by Crippen LogP contribution is 2.28. The minimum absolute atomic E-state index is 0.182. The molecule has 1 saturated heterocycles. The molecule has 0 unspecified atom stereocenters. The van der Waals surface area contributed by atoms with E-state index < -0.39 is 22.2 Å². The van der Waals surface area contributed by atoms with Crippen molar-refractivity contribution >= 4 is 33.5 Å². The molecule has 2 rings (SSSR count). The van der Waals surface area contributed by atoms with E-state index >= 15 is 0 Å². The molecule has 152 valence electrons. The molecule has 1 heterocycles. The van der Waals surface area contributed by atoms with Crippen LogP contribution in [0.25, 0.3) is 0 Å². The Morgan fingerprint density at radius 1 is 1.26 bits per heavy atom. The number of rotatable bonds is 7. The maximum absolute atomic E-state index is 13.0. The first-order chi connectivity index (χ1) is 12.7. The summed E-state index contributed by atoms with van der Waals surface area (Å²) >= 11 is 6.10. The smallest absolute Gasteiger partial charge is 0.324 e. The molecule has 0 spiro atoms. The Morgan fingerprint density at radius 2 is 1.93 bits per heavy atom. The van der Waals surface area contributed by atoms with Gasteiger partial charge < -0.3 is 4.74 Å². The van der Waals surface area contributed by atoms with E-state index in [4.69, 9.17) is 16.3 Å². The Kier molecular flexibility index (Phi) is 7.54. The van der Waals surface area contributed by atoms with E-state index in [9.17, 15) is 13.2 Å². The van der Waals surface area contributed by atoms with E-state index in [0.717, 1.165) is 17.5 Å². The number of nitrogens with one attached hydrogen (secondary N) is 1. The van der Waals surface area contributed by atoms with E-state index in [-0.39, 0.29) is 6.10 Å². The Hall–Kier alpha value is -1.31. The zero-order chi connectivity index (χ0) is 20.2. The summed E-state index contributed by atoms with van der Waals surface area (Å²) in [6, 6.07) is 2.64. The largest absolute Gasteiger partial charge is 0.461 e. The van der Waals surface area contributed by atoms with Crippen molar-refractivity contribution in [3.05, 3.63) is 28.3 Å². The average molecular weight is 417 g/mol. The number of halogens is 1. The zero-order valence-electron chi connectivity index (χ0n) is 16.4. The third kappa shape index (κ3) is 5.36. The predicted octanol–water partition coefficient (Wildman–Crippen LogP) is 4.20. The van der Waals surface area contributed by atoms with Gasteiger partial charge in [0.2, 0.25) is 0 Å². The van der Waals surface area contributed by atoms with Gasteiger partial charge in [0.1, 0.15) is 12.1 Å². The highest BCUT2D eigenvalue weighted by atomic mass is 35.5. The van der Waals surface area contributed by atoms with Gasteiger partial charge in [0, 0.05) is 11.6 Å². The first kappa shape index (κ1) is 22.0. The van der Waals surface area contributed by atoms with Crippen molar-refractivity contribution in [2.45, 2.75) is 71.9 Å². The van der Waals surface area contributed by atoms with Crippen molar-refractivity contribution in [3.8, 4) is 0 Å². The highest BCUT2D eigenvalue weighted by Gasteiger charge is 2.38. The van der Waals surface area contributed by atoms with Crippen molar-refractivity contribution in [1.29, 1.82) is 0 Å². The Bertz CT molecular complexity index is 778. The second kappa shape index (κ2) is 9.26. The van der Waals surface area contributed by atoms with Crippen LogP contribution in [0.2, 0.25) is 5.02 Å². The van der Waals surface area contributed by atoms with Gasteiger partial charge in [-0.15, -0.1) is 0 Å². The van der Waals surface area contributed by atoms with Crippen molar-refractivity contribution in [2.24, 2.45) is 0 Å². The SMILES string of the molecule is CCC(CC)OC(=O)[C@@H]1CCCCN1S(=O)(=O)Nc1cc(C)c(Cl)cc1C. The first-order valence-electron chi connectivity index (χ1n) is 9.46. The van der Waals surface area contributed by atoms with Gasteiger partial charge in [-0.3, -0.25) is 9.52 Å². The number of benzene rings is 1. The molecule has 0 amide bonds. The van der Waals surface area contributed by atoms with Crippen LogP contribution in [0.3, 0.4) is 0 Å². The molecule has 0 aromatic heterocycles. The first-order valence-corrected chi connectivity index (χ1v) is 11.3. The fourth-order valence-corrected chi connectivity index (χ4v) is 4.94. The van der Waals surface area contributed by atoms with Gasteiger partial charge in [0.15, 0.2) is 0 Å². The summed E-state index contributed by atoms with van der Waals surface area (Å²) in [6.45, 7) is 7.80. The van der Waals surface area contributed by atoms with Crippen molar-refractivity contribution in [3.63, 3.8) is 0 Å². The summed E-state index contributed by atoms with van der Waals surface area (Å²) in [5.74, 6) is -0.460. The Balaban J connectivity index is 2.24. The van der Waals surface area contributed by atoms with E-state index in [1.807, 2.05) is 20.8 Å². The van der Waals surface area contributed by atoms with Crippen LogP contribution in [0.5, 0.6) is 0 Å². The second-order valence-electron chi connectivity index (χ2n) is 7.02. The van der Waals surface area contributed by atoms with Crippen LogP contribution in [-0.4, -0.2) is 37.4 Å². The summed E-state index contributed by atoms with van der Waals surface area (Å²) in [5.41, 5.74) is 1.97. The minimum atomic E-state index is -3.89. The number of anilines is 1. The Morgan fingerprint density at radius 3 is 2.56 bits per heavy atom. The lowest BCUT2D eigenvalue weighted by molar-refractivity contribution is -0.155. The third-order valence-electron chi connectivity index (χ3n) is 4.97. The molecule has 0 saturated carbocycles. The molecular formula is C19H29ClN2O4S. The maximum Gasteiger partial charge on any atom is 0.324 e. The van der Waals surface area contributed by atoms with Crippen molar-refractivity contribution in [1.82, 2.24) is 4.31 Å². The number of carbonyl (C=O) groups excluding carboxylic acids is 1. The lowest BCUT2D eigenvalue weighted by atomic mass is 10.1. The molecule has 1 aromatic carbocycles. The molecule has 6 nitrogen and oxygen atoms in total. The molecule has 1 N–H and O–H groups in total. The summed E-state index contributed by atoms with van der Waals surface area (Å²) in [4.78, 5) is 12.6. The zero-order valence-corrected chi connectivity index (χ0v) is 18.0. The van der Waals surface area contributed by atoms with Gasteiger partial charge >= 0.3 is 16.2 Å². The number of esters is 1. The van der Waals surface area contributed by atoms with Crippen LogP contribution < -0.4 is 4.72 Å². The van der Waals surface area contributed by atoms with Crippen molar-refractivity contribution in [2.75, 3.05) is 11.3 Å². The van der Waals surface area contributed by atoms with Gasteiger partial charge in [-0.05, 0) is 69.2 Å². The lowest BCUT2D eigenvalue weighted by Crippen LogP contribution is -2.51. The van der Waals surface area contributed by atoms with Gasteiger partial charge in [0.25, 0.3) is 0 Å². The molecule has 0 bridgehead atoms. The molecule has 1 aliphatic rings. The van der Waals surface area contributed by atoms with Crippen LogP contribution in [-0.2, 0) is 19.7 Å². The normalized spacial score (nSPS) is 18.5. The van der Waals surface area contributed by atoms with Crippen LogP contribution in [0.4, 0.5) is 5.69 Å². The third-order valence-corrected chi connectivity index (χ3v) is 6.91. The highest BCUT2D eigenvalue weighted by molar-refractivity contribution is 7.90. The van der Waals surface area contributed by atoms with Gasteiger partial charge in [-0.2, -0.15) is 12.7 Å². The maximum atomic E-state index is 13.0. The lowest BCUT2D eigenvalue weighted by Gasteiger charge is -2.34. The molecular weight excluding hydrogens is 388 g/mol. The molecule has 0 aliphatic carbocycles. The fourth-order valence-electron chi connectivity index (χ4n) is 3.21. The number of aryl methyl sites for hydroxylation is 2. The topological polar surface area (TPSA) is 75.7 Å². The Labute approximate surface area is 167 Å². The van der Waals surface area contributed by atoms with Gasteiger partial charge in [-0.25, -0.2) is 0 Å². The van der Waals surface area contributed by atoms with Crippen molar-refractivity contribution < 1.29 is 17.9 Å². The number of nitrogens with zero attached hydrogens (tertiary/aromatic N) is 1. The van der Waals surface area contributed by atoms with E-state index in [0.29, 0.717) is 42.9 Å². The molecule has 1 fully saturated rings. The number of carbonyl (C=O) groups is 1. The average Bonchev–Trinajstić information content (AvgIpc) is 2.63. The monoisotopic (exact) mass is 416 g/mol. The second-order valence-corrected chi connectivity index (χ2v) is 9.05. The molecule has 27 heavy (non-hydrogen) atoms. The molecule has 1 aromatic rings. The van der Waals surface area contributed by atoms with E-state index in [2.05, 4.69) is 4.72 Å². The molecule has 1 atom stereocenters. The summed E-state index contributed by atoms with van der Waals surface area (Å²) < 4.78 is 35.4. The predicted molar refractivity (Wildman–Crippen MR) is 108 cm³/mol. The number of piperidine rings is 1. The molecule has 1 aliphatic heterocycles. The van der Waals surface area contributed by atoms with E-state index in [1.165, 1.54) is 4.31 Å². The quantitative estimate of drug-likeness (QED) is 0.676.